The molecule has 0 aliphatic carbocycles. The van der Waals surface area contributed by atoms with E-state index in [0.29, 0.717) is 6.54 Å². The van der Waals surface area contributed by atoms with Crippen LogP contribution in [0.25, 0.3) is 6.08 Å². The van der Waals surface area contributed by atoms with Gasteiger partial charge in [-0.05, 0) is 30.2 Å². The predicted octanol–water partition coefficient (Wildman–Crippen LogP) is 1.10. The summed E-state index contributed by atoms with van der Waals surface area (Å²) in [7, 11) is 0. The molecule has 2 aliphatic heterocycles. The van der Waals surface area contributed by atoms with Crippen molar-refractivity contribution in [1.29, 1.82) is 0 Å². The molecular weight excluding hydrogens is 278 g/mol. The third-order valence-electron chi connectivity index (χ3n) is 4.22. The molecule has 5 heteroatoms. The summed E-state index contributed by atoms with van der Waals surface area (Å²) >= 11 is 0. The molecule has 118 valence electrons. The number of hydrogen-bond donors (Lipinski definition) is 1. The zero-order chi connectivity index (χ0) is 15.4. The van der Waals surface area contributed by atoms with Gasteiger partial charge in [-0.3, -0.25) is 4.79 Å². The minimum Gasteiger partial charge on any atom is -0.378 e. The van der Waals surface area contributed by atoms with Gasteiger partial charge in [0, 0.05) is 44.0 Å². The second-order valence-corrected chi connectivity index (χ2v) is 5.86. The van der Waals surface area contributed by atoms with Crippen LogP contribution in [0.3, 0.4) is 0 Å². The number of morpholine rings is 1. The van der Waals surface area contributed by atoms with Crippen molar-refractivity contribution in [2.45, 2.75) is 12.5 Å². The number of likely N-dealkylation sites (tertiary alicyclic amines) is 1. The lowest BCUT2D eigenvalue weighted by atomic mass is 10.1. The van der Waals surface area contributed by atoms with E-state index in [1.165, 1.54) is 5.69 Å². The summed E-state index contributed by atoms with van der Waals surface area (Å²) in [6.07, 6.45) is 4.41. The number of rotatable bonds is 3. The van der Waals surface area contributed by atoms with E-state index in [-0.39, 0.29) is 11.9 Å². The van der Waals surface area contributed by atoms with Gasteiger partial charge in [-0.1, -0.05) is 12.1 Å². The first kappa shape index (κ1) is 15.1. The lowest BCUT2D eigenvalue weighted by Crippen LogP contribution is -2.36. The van der Waals surface area contributed by atoms with Gasteiger partial charge in [0.1, 0.15) is 0 Å². The third-order valence-corrected chi connectivity index (χ3v) is 4.22. The Morgan fingerprint density at radius 2 is 1.91 bits per heavy atom. The molecule has 0 radical (unpaired) electrons. The molecule has 2 heterocycles. The molecule has 1 aromatic rings. The molecule has 1 atom stereocenters. The molecule has 0 bridgehead atoms. The standard InChI is InChI=1S/C17H23N3O2/c18-15-7-8-20(13-15)17(21)6-3-14-1-4-16(5-2-14)19-9-11-22-12-10-19/h1-6,15H,7-13,18H2/b6-3+. The summed E-state index contributed by atoms with van der Waals surface area (Å²) < 4.78 is 5.36. The number of benzene rings is 1. The Hall–Kier alpha value is -1.85. The summed E-state index contributed by atoms with van der Waals surface area (Å²) in [6.45, 7) is 4.87. The maximum absolute atomic E-state index is 12.0. The highest BCUT2D eigenvalue weighted by Crippen LogP contribution is 2.17. The second kappa shape index (κ2) is 6.94. The van der Waals surface area contributed by atoms with Crippen molar-refractivity contribution < 1.29 is 9.53 Å². The van der Waals surface area contributed by atoms with Gasteiger partial charge < -0.3 is 20.3 Å². The van der Waals surface area contributed by atoms with Crippen LogP contribution in [-0.4, -0.2) is 56.2 Å². The van der Waals surface area contributed by atoms with E-state index in [9.17, 15) is 4.79 Å². The first-order valence-electron chi connectivity index (χ1n) is 7.88. The average Bonchev–Trinajstić information content (AvgIpc) is 3.00. The molecular formula is C17H23N3O2. The second-order valence-electron chi connectivity index (χ2n) is 5.86. The van der Waals surface area contributed by atoms with Crippen LogP contribution in [-0.2, 0) is 9.53 Å². The normalized spacial score (nSPS) is 22.5. The molecule has 1 amide bonds. The summed E-state index contributed by atoms with van der Waals surface area (Å²) in [5, 5.41) is 0. The summed E-state index contributed by atoms with van der Waals surface area (Å²) in [5.41, 5.74) is 8.07. The molecule has 22 heavy (non-hydrogen) atoms. The van der Waals surface area contributed by atoms with Crippen LogP contribution in [0.1, 0.15) is 12.0 Å². The smallest absolute Gasteiger partial charge is 0.246 e. The number of carbonyl (C=O) groups excluding carboxylic acids is 1. The van der Waals surface area contributed by atoms with Gasteiger partial charge in [-0.2, -0.15) is 0 Å². The molecule has 0 spiro atoms. The van der Waals surface area contributed by atoms with Crippen LogP contribution in [0.5, 0.6) is 0 Å². The molecule has 2 aliphatic rings. The van der Waals surface area contributed by atoms with Crippen LogP contribution in [0, 0.1) is 0 Å². The number of ether oxygens (including phenoxy) is 1. The quantitative estimate of drug-likeness (QED) is 0.849. The van der Waals surface area contributed by atoms with E-state index in [0.717, 1.165) is 44.8 Å². The van der Waals surface area contributed by atoms with E-state index in [1.807, 2.05) is 23.1 Å². The van der Waals surface area contributed by atoms with E-state index < -0.39 is 0 Å². The van der Waals surface area contributed by atoms with Crippen LogP contribution in [0.15, 0.2) is 30.3 Å². The summed E-state index contributed by atoms with van der Waals surface area (Å²) in [4.78, 5) is 16.2. The predicted molar refractivity (Wildman–Crippen MR) is 87.7 cm³/mol. The van der Waals surface area contributed by atoms with E-state index in [4.69, 9.17) is 10.5 Å². The zero-order valence-corrected chi connectivity index (χ0v) is 12.8. The molecule has 2 saturated heterocycles. The van der Waals surface area contributed by atoms with E-state index >= 15 is 0 Å². The van der Waals surface area contributed by atoms with Crippen molar-refractivity contribution in [1.82, 2.24) is 4.90 Å². The molecule has 1 aromatic carbocycles. The first-order chi connectivity index (χ1) is 10.7. The van der Waals surface area contributed by atoms with Gasteiger partial charge in [0.05, 0.1) is 13.2 Å². The van der Waals surface area contributed by atoms with Crippen LogP contribution in [0.2, 0.25) is 0 Å². The Morgan fingerprint density at radius 3 is 2.55 bits per heavy atom. The van der Waals surface area contributed by atoms with Gasteiger partial charge in [0.25, 0.3) is 0 Å². The van der Waals surface area contributed by atoms with Crippen molar-refractivity contribution in [2.75, 3.05) is 44.3 Å². The molecule has 3 rings (SSSR count). The lowest BCUT2D eigenvalue weighted by molar-refractivity contribution is -0.124. The van der Waals surface area contributed by atoms with Gasteiger partial charge in [0.2, 0.25) is 5.91 Å². The fraction of sp³-hybridized carbons (Fsp3) is 0.471. The SMILES string of the molecule is NC1CCN(C(=O)/C=C/c2ccc(N3CCOCC3)cc2)C1. The van der Waals surface area contributed by atoms with Crippen molar-refractivity contribution in [3.63, 3.8) is 0 Å². The minimum absolute atomic E-state index is 0.0465. The topological polar surface area (TPSA) is 58.8 Å². The highest BCUT2D eigenvalue weighted by atomic mass is 16.5. The number of nitrogens with zero attached hydrogens (tertiary/aromatic N) is 2. The van der Waals surface area contributed by atoms with Crippen molar-refractivity contribution in [2.24, 2.45) is 5.73 Å². The highest BCUT2D eigenvalue weighted by Gasteiger charge is 2.21. The Kier molecular flexibility index (Phi) is 4.75. The van der Waals surface area contributed by atoms with Crippen molar-refractivity contribution in [3.8, 4) is 0 Å². The maximum Gasteiger partial charge on any atom is 0.246 e. The largest absolute Gasteiger partial charge is 0.378 e. The molecule has 5 nitrogen and oxygen atoms in total. The number of hydrogen-bond acceptors (Lipinski definition) is 4. The Bertz CT molecular complexity index is 535. The minimum atomic E-state index is 0.0465. The fourth-order valence-corrected chi connectivity index (χ4v) is 2.88. The third kappa shape index (κ3) is 3.67. The van der Waals surface area contributed by atoms with Gasteiger partial charge >= 0.3 is 0 Å². The molecule has 2 fully saturated rings. The van der Waals surface area contributed by atoms with Crippen LogP contribution >= 0.6 is 0 Å². The number of anilines is 1. The average molecular weight is 301 g/mol. The number of carbonyl (C=O) groups is 1. The molecule has 0 saturated carbocycles. The van der Waals surface area contributed by atoms with Gasteiger partial charge in [-0.15, -0.1) is 0 Å². The first-order valence-corrected chi connectivity index (χ1v) is 7.88. The maximum atomic E-state index is 12.0. The fourth-order valence-electron chi connectivity index (χ4n) is 2.88. The van der Waals surface area contributed by atoms with E-state index in [2.05, 4.69) is 17.0 Å². The zero-order valence-electron chi connectivity index (χ0n) is 12.8. The Morgan fingerprint density at radius 1 is 1.18 bits per heavy atom. The monoisotopic (exact) mass is 301 g/mol. The van der Waals surface area contributed by atoms with E-state index in [1.54, 1.807) is 6.08 Å². The number of nitrogens with two attached hydrogens (primary N) is 1. The summed E-state index contributed by atoms with van der Waals surface area (Å²) in [5.74, 6) is 0.0465. The van der Waals surface area contributed by atoms with Crippen molar-refractivity contribution >= 4 is 17.7 Å². The van der Waals surface area contributed by atoms with Crippen LogP contribution in [0.4, 0.5) is 5.69 Å². The highest BCUT2D eigenvalue weighted by molar-refractivity contribution is 5.92. The summed E-state index contributed by atoms with van der Waals surface area (Å²) in [6, 6.07) is 8.42. The van der Waals surface area contributed by atoms with Crippen LogP contribution < -0.4 is 10.6 Å². The molecule has 0 aromatic heterocycles. The lowest BCUT2D eigenvalue weighted by Gasteiger charge is -2.28. The number of amides is 1. The Balaban J connectivity index is 1.58. The molecule has 1 unspecified atom stereocenters. The van der Waals surface area contributed by atoms with Crippen molar-refractivity contribution in [3.05, 3.63) is 35.9 Å². The van der Waals surface area contributed by atoms with Gasteiger partial charge in [0.15, 0.2) is 0 Å². The molecule has 2 N–H and O–H groups in total. The van der Waals surface area contributed by atoms with Gasteiger partial charge in [-0.25, -0.2) is 0 Å². The Labute approximate surface area is 131 Å².